The van der Waals surface area contributed by atoms with E-state index in [0.29, 0.717) is 13.0 Å². The summed E-state index contributed by atoms with van der Waals surface area (Å²) in [6.45, 7) is 2.29. The highest BCUT2D eigenvalue weighted by atomic mass is 35.5. The summed E-state index contributed by atoms with van der Waals surface area (Å²) in [4.78, 5) is 15.6. The second kappa shape index (κ2) is 7.20. The molecule has 0 aromatic carbocycles. The van der Waals surface area contributed by atoms with Gasteiger partial charge in [0.15, 0.2) is 0 Å². The normalized spacial score (nSPS) is 9.44. The van der Waals surface area contributed by atoms with Crippen LogP contribution in [0.4, 0.5) is 5.69 Å². The number of carbonyl (C=O) groups is 1. The second-order valence-corrected chi connectivity index (χ2v) is 3.65. The van der Waals surface area contributed by atoms with E-state index in [4.69, 9.17) is 5.73 Å². The van der Waals surface area contributed by atoms with Crippen LogP contribution in [0.3, 0.4) is 0 Å². The Morgan fingerprint density at radius 3 is 2.78 bits per heavy atom. The lowest BCUT2D eigenvalue weighted by Crippen LogP contribution is -2.16. The Morgan fingerprint density at radius 2 is 2.11 bits per heavy atom. The van der Waals surface area contributed by atoms with Crippen molar-refractivity contribution < 1.29 is 4.79 Å². The van der Waals surface area contributed by atoms with Crippen LogP contribution in [-0.2, 0) is 4.79 Å². The monoisotopic (exact) mass is 290 g/mol. The number of fused-ring (bicyclic) bond motifs is 1. The molecule has 5 nitrogen and oxygen atoms in total. The lowest BCUT2D eigenvalue weighted by Gasteiger charge is -2.04. The summed E-state index contributed by atoms with van der Waals surface area (Å²) in [6, 6.07) is 3.70. The van der Waals surface area contributed by atoms with Crippen LogP contribution in [0.2, 0.25) is 0 Å². The highest BCUT2D eigenvalue weighted by molar-refractivity contribution is 5.90. The fourth-order valence-electron chi connectivity index (χ4n) is 1.55. The number of carbonyl (C=O) groups excluding carboxylic acids is 1. The number of aryl methyl sites for hydroxylation is 1. The van der Waals surface area contributed by atoms with Gasteiger partial charge in [0.1, 0.15) is 5.65 Å². The number of hydrogen-bond donors (Lipinski definition) is 2. The standard InChI is InChI=1S/C11H14N4O.2ClH/c1-8-6-15-7-9(2-3-10(15)13-8)14-11(16)4-5-12;;/h2-3,6-7H,4-5,12H2,1H3,(H,14,16);2*1H. The van der Waals surface area contributed by atoms with Gasteiger partial charge in [0.05, 0.1) is 11.4 Å². The Kier molecular flexibility index (Phi) is 6.68. The highest BCUT2D eigenvalue weighted by Crippen LogP contribution is 2.11. The van der Waals surface area contributed by atoms with Crippen LogP contribution >= 0.6 is 24.8 Å². The summed E-state index contributed by atoms with van der Waals surface area (Å²) >= 11 is 0. The van der Waals surface area contributed by atoms with E-state index in [9.17, 15) is 4.79 Å². The topological polar surface area (TPSA) is 72.4 Å². The average Bonchev–Trinajstić information content (AvgIpc) is 2.57. The van der Waals surface area contributed by atoms with Gasteiger partial charge in [-0.3, -0.25) is 4.79 Å². The molecule has 7 heteroatoms. The molecule has 0 aliphatic heterocycles. The Labute approximate surface area is 118 Å². The van der Waals surface area contributed by atoms with E-state index < -0.39 is 0 Å². The minimum absolute atomic E-state index is 0. The summed E-state index contributed by atoms with van der Waals surface area (Å²) in [5.74, 6) is -0.0707. The van der Waals surface area contributed by atoms with E-state index in [0.717, 1.165) is 17.0 Å². The molecule has 100 valence electrons. The van der Waals surface area contributed by atoms with Gasteiger partial charge in [-0.05, 0) is 19.1 Å². The Balaban J connectivity index is 0.00000144. The van der Waals surface area contributed by atoms with E-state index in [1.165, 1.54) is 0 Å². The number of hydrogen-bond acceptors (Lipinski definition) is 3. The molecule has 18 heavy (non-hydrogen) atoms. The third-order valence-corrected chi connectivity index (χ3v) is 2.23. The van der Waals surface area contributed by atoms with Gasteiger partial charge in [-0.2, -0.15) is 0 Å². The summed E-state index contributed by atoms with van der Waals surface area (Å²) in [5.41, 5.74) is 7.87. The number of imidazole rings is 1. The first kappa shape index (κ1) is 16.7. The zero-order chi connectivity index (χ0) is 11.5. The van der Waals surface area contributed by atoms with Crippen LogP contribution in [0.1, 0.15) is 12.1 Å². The number of pyridine rings is 1. The van der Waals surface area contributed by atoms with Gasteiger partial charge < -0.3 is 15.5 Å². The molecule has 0 unspecified atom stereocenters. The number of aromatic nitrogens is 2. The Bertz CT molecular complexity index is 527. The molecule has 0 saturated carbocycles. The fraction of sp³-hybridized carbons (Fsp3) is 0.273. The molecule has 2 aromatic rings. The molecule has 3 N–H and O–H groups in total. The van der Waals surface area contributed by atoms with E-state index in [1.54, 1.807) is 0 Å². The predicted octanol–water partition coefficient (Wildman–Crippen LogP) is 1.77. The summed E-state index contributed by atoms with van der Waals surface area (Å²) in [6.07, 6.45) is 4.08. The number of nitrogens with zero attached hydrogens (tertiary/aromatic N) is 2. The van der Waals surface area contributed by atoms with Crippen molar-refractivity contribution in [1.29, 1.82) is 0 Å². The molecule has 0 fully saturated rings. The predicted molar refractivity (Wildman–Crippen MR) is 76.7 cm³/mol. The quantitative estimate of drug-likeness (QED) is 0.905. The number of nitrogens with one attached hydrogen (secondary N) is 1. The van der Waals surface area contributed by atoms with E-state index >= 15 is 0 Å². The van der Waals surface area contributed by atoms with Crippen molar-refractivity contribution in [3.8, 4) is 0 Å². The smallest absolute Gasteiger partial charge is 0.225 e. The zero-order valence-electron chi connectivity index (χ0n) is 9.92. The SMILES string of the molecule is Cc1cn2cc(NC(=O)CCN)ccc2n1.Cl.Cl. The van der Waals surface area contributed by atoms with Crippen molar-refractivity contribution in [2.24, 2.45) is 5.73 Å². The Morgan fingerprint density at radius 1 is 1.39 bits per heavy atom. The van der Waals surface area contributed by atoms with Gasteiger partial charge in [0.25, 0.3) is 0 Å². The van der Waals surface area contributed by atoms with Crippen molar-refractivity contribution in [3.63, 3.8) is 0 Å². The van der Waals surface area contributed by atoms with Gasteiger partial charge in [0.2, 0.25) is 5.91 Å². The van der Waals surface area contributed by atoms with Gasteiger partial charge in [-0.1, -0.05) is 0 Å². The number of anilines is 1. The molecule has 0 spiro atoms. The molecule has 0 radical (unpaired) electrons. The molecular weight excluding hydrogens is 275 g/mol. The van der Waals surface area contributed by atoms with Gasteiger partial charge in [-0.25, -0.2) is 4.98 Å². The first-order valence-corrected chi connectivity index (χ1v) is 5.14. The largest absolute Gasteiger partial charge is 0.330 e. The third kappa shape index (κ3) is 3.87. The summed E-state index contributed by atoms with van der Waals surface area (Å²) < 4.78 is 1.88. The van der Waals surface area contributed by atoms with Crippen molar-refractivity contribution in [2.45, 2.75) is 13.3 Å². The molecule has 0 bridgehead atoms. The van der Waals surface area contributed by atoms with Crippen molar-refractivity contribution in [1.82, 2.24) is 9.38 Å². The van der Waals surface area contributed by atoms with Gasteiger partial charge in [-0.15, -0.1) is 24.8 Å². The maximum Gasteiger partial charge on any atom is 0.225 e. The number of halogens is 2. The van der Waals surface area contributed by atoms with Crippen LogP contribution < -0.4 is 11.1 Å². The summed E-state index contributed by atoms with van der Waals surface area (Å²) in [7, 11) is 0. The van der Waals surface area contributed by atoms with Crippen molar-refractivity contribution >= 4 is 42.1 Å². The molecule has 2 rings (SSSR count). The molecule has 0 aliphatic rings. The third-order valence-electron chi connectivity index (χ3n) is 2.23. The van der Waals surface area contributed by atoms with Crippen LogP contribution in [0.15, 0.2) is 24.5 Å². The van der Waals surface area contributed by atoms with Crippen molar-refractivity contribution in [2.75, 3.05) is 11.9 Å². The maximum atomic E-state index is 11.3. The first-order chi connectivity index (χ1) is 7.69. The van der Waals surface area contributed by atoms with Crippen LogP contribution in [0.25, 0.3) is 5.65 Å². The lowest BCUT2D eigenvalue weighted by atomic mass is 10.3. The minimum Gasteiger partial charge on any atom is -0.330 e. The number of rotatable bonds is 3. The van der Waals surface area contributed by atoms with Gasteiger partial charge >= 0.3 is 0 Å². The molecule has 0 saturated heterocycles. The lowest BCUT2D eigenvalue weighted by molar-refractivity contribution is -0.116. The fourth-order valence-corrected chi connectivity index (χ4v) is 1.55. The maximum absolute atomic E-state index is 11.3. The number of amides is 1. The molecule has 1 amide bonds. The molecule has 0 aliphatic carbocycles. The minimum atomic E-state index is -0.0707. The van der Waals surface area contributed by atoms with Crippen LogP contribution in [-0.4, -0.2) is 21.8 Å². The highest BCUT2D eigenvalue weighted by Gasteiger charge is 2.02. The van der Waals surface area contributed by atoms with E-state index in [-0.39, 0.29) is 30.7 Å². The molecule has 2 heterocycles. The molecular formula is C11H16Cl2N4O. The van der Waals surface area contributed by atoms with E-state index in [2.05, 4.69) is 10.3 Å². The van der Waals surface area contributed by atoms with Crippen molar-refractivity contribution in [3.05, 3.63) is 30.2 Å². The Hall–Kier alpha value is -1.30. The second-order valence-electron chi connectivity index (χ2n) is 3.65. The van der Waals surface area contributed by atoms with Crippen LogP contribution in [0.5, 0.6) is 0 Å². The molecule has 0 atom stereocenters. The molecule has 2 aromatic heterocycles. The first-order valence-electron chi connectivity index (χ1n) is 5.14. The zero-order valence-corrected chi connectivity index (χ0v) is 11.6. The number of nitrogens with two attached hydrogens (primary N) is 1. The van der Waals surface area contributed by atoms with E-state index in [1.807, 2.05) is 35.9 Å². The van der Waals surface area contributed by atoms with Gasteiger partial charge in [0, 0.05) is 25.4 Å². The average molecular weight is 291 g/mol. The van der Waals surface area contributed by atoms with Crippen LogP contribution in [0, 0.1) is 6.92 Å². The summed E-state index contributed by atoms with van der Waals surface area (Å²) in [5, 5.41) is 2.78.